The smallest absolute Gasteiger partial charge is 0.241 e. The van der Waals surface area contributed by atoms with Crippen LogP contribution in [0.3, 0.4) is 0 Å². The summed E-state index contributed by atoms with van der Waals surface area (Å²) < 4.78 is 0. The summed E-state index contributed by atoms with van der Waals surface area (Å²) in [4.78, 5) is 22.7. The number of hydrogen-bond acceptors (Lipinski definition) is 5. The van der Waals surface area contributed by atoms with Gasteiger partial charge in [0.25, 0.3) is 0 Å². The Bertz CT molecular complexity index is 613. The minimum Gasteiger partial charge on any atom is -0.507 e. The second-order valence-corrected chi connectivity index (χ2v) is 4.94. The molecule has 2 rings (SSSR count). The number of hydrogen-bond donors (Lipinski definition) is 4. The van der Waals surface area contributed by atoms with Crippen LogP contribution >= 0.6 is 0 Å². The van der Waals surface area contributed by atoms with Gasteiger partial charge in [-0.25, -0.2) is 10.9 Å². The van der Waals surface area contributed by atoms with Gasteiger partial charge in [0.05, 0.1) is 6.21 Å². The number of benzene rings is 1. The molecule has 22 heavy (non-hydrogen) atoms. The molecule has 1 aromatic carbocycles. The van der Waals surface area contributed by atoms with Gasteiger partial charge in [0.1, 0.15) is 5.75 Å². The zero-order valence-electron chi connectivity index (χ0n) is 12.0. The lowest BCUT2D eigenvalue weighted by Gasteiger charge is -2.06. The molecule has 0 radical (unpaired) electrons. The Morgan fingerprint density at radius 1 is 1.55 bits per heavy atom. The highest BCUT2D eigenvalue weighted by Gasteiger charge is 2.23. The molecule has 116 valence electrons. The second kappa shape index (κ2) is 7.37. The van der Waals surface area contributed by atoms with Crippen LogP contribution in [0.4, 0.5) is 0 Å². The molecular weight excluding hydrogens is 284 g/mol. The Kier molecular flexibility index (Phi) is 5.26. The summed E-state index contributed by atoms with van der Waals surface area (Å²) in [6.45, 7) is 3.63. The van der Waals surface area contributed by atoms with Gasteiger partial charge in [-0.2, -0.15) is 5.10 Å². The van der Waals surface area contributed by atoms with Crippen LogP contribution < -0.4 is 16.3 Å². The predicted molar refractivity (Wildman–Crippen MR) is 82.0 cm³/mol. The van der Waals surface area contributed by atoms with Gasteiger partial charge in [0.2, 0.25) is 11.8 Å². The highest BCUT2D eigenvalue weighted by atomic mass is 16.3. The minimum atomic E-state index is -0.313. The van der Waals surface area contributed by atoms with E-state index in [1.54, 1.807) is 24.3 Å². The number of para-hydroxylation sites is 1. The van der Waals surface area contributed by atoms with Gasteiger partial charge < -0.3 is 5.11 Å². The lowest BCUT2D eigenvalue weighted by Crippen LogP contribution is -2.34. The summed E-state index contributed by atoms with van der Waals surface area (Å²) in [6.07, 6.45) is 4.03. The number of aromatic hydroxyl groups is 1. The van der Waals surface area contributed by atoms with Gasteiger partial charge in [-0.05, 0) is 18.1 Å². The Morgan fingerprint density at radius 2 is 2.36 bits per heavy atom. The number of nitrogens with zero attached hydrogens (tertiary/aromatic N) is 1. The van der Waals surface area contributed by atoms with Gasteiger partial charge in [0, 0.05) is 24.4 Å². The summed E-state index contributed by atoms with van der Waals surface area (Å²) in [5.74, 6) is -0.329. The fourth-order valence-electron chi connectivity index (χ4n) is 2.11. The molecule has 1 aromatic rings. The van der Waals surface area contributed by atoms with Crippen molar-refractivity contribution in [2.45, 2.75) is 25.3 Å². The number of carbonyl (C=O) groups excluding carboxylic acids is 2. The molecule has 0 bridgehead atoms. The van der Waals surface area contributed by atoms with E-state index in [4.69, 9.17) is 0 Å². The molecule has 4 N–H and O–H groups in total. The van der Waals surface area contributed by atoms with E-state index < -0.39 is 0 Å². The Hall–Kier alpha value is -2.67. The molecule has 1 fully saturated rings. The normalized spacial score (nSPS) is 17.5. The van der Waals surface area contributed by atoms with Gasteiger partial charge in [0.15, 0.2) is 0 Å². The fourth-order valence-corrected chi connectivity index (χ4v) is 2.11. The van der Waals surface area contributed by atoms with Crippen molar-refractivity contribution in [2.24, 2.45) is 5.10 Å². The van der Waals surface area contributed by atoms with Gasteiger partial charge in [-0.3, -0.25) is 15.0 Å². The monoisotopic (exact) mass is 302 g/mol. The third kappa shape index (κ3) is 4.16. The van der Waals surface area contributed by atoms with E-state index in [9.17, 15) is 14.7 Å². The number of carbonyl (C=O) groups is 2. The molecule has 1 atom stereocenters. The number of hydrazine groups is 1. The highest BCUT2D eigenvalue weighted by Crippen LogP contribution is 2.21. The molecule has 1 unspecified atom stereocenters. The van der Waals surface area contributed by atoms with Crippen molar-refractivity contribution < 1.29 is 14.7 Å². The molecule has 0 aliphatic carbocycles. The summed E-state index contributed by atoms with van der Waals surface area (Å²) in [5, 5.41) is 13.9. The van der Waals surface area contributed by atoms with E-state index in [1.807, 2.05) is 0 Å². The van der Waals surface area contributed by atoms with Crippen LogP contribution in [0.2, 0.25) is 0 Å². The van der Waals surface area contributed by atoms with Crippen LogP contribution in [-0.4, -0.2) is 29.2 Å². The Balaban J connectivity index is 1.89. The first-order valence-electron chi connectivity index (χ1n) is 6.88. The predicted octanol–water partition coefficient (Wildman–Crippen LogP) is 0.354. The topological polar surface area (TPSA) is 103 Å². The lowest BCUT2D eigenvalue weighted by molar-refractivity contribution is -0.121. The summed E-state index contributed by atoms with van der Waals surface area (Å²) in [6, 6.07) is 5.05. The van der Waals surface area contributed by atoms with E-state index in [1.165, 1.54) is 6.21 Å². The van der Waals surface area contributed by atoms with Crippen molar-refractivity contribution in [3.05, 3.63) is 42.0 Å². The van der Waals surface area contributed by atoms with E-state index in [2.05, 4.69) is 28.0 Å². The van der Waals surface area contributed by atoms with Crippen LogP contribution in [0, 0.1) is 0 Å². The highest BCUT2D eigenvalue weighted by molar-refractivity contribution is 5.86. The van der Waals surface area contributed by atoms with Gasteiger partial charge in [-0.1, -0.05) is 18.2 Å². The average Bonchev–Trinajstić information content (AvgIpc) is 2.88. The van der Waals surface area contributed by atoms with Crippen molar-refractivity contribution in [1.82, 2.24) is 16.3 Å². The van der Waals surface area contributed by atoms with Crippen molar-refractivity contribution >= 4 is 18.0 Å². The Labute approximate surface area is 128 Å². The fraction of sp³-hybridized carbons (Fsp3) is 0.267. The zero-order valence-corrected chi connectivity index (χ0v) is 12.0. The third-order valence-electron chi connectivity index (χ3n) is 3.19. The molecule has 7 heteroatoms. The van der Waals surface area contributed by atoms with Crippen LogP contribution in [0.5, 0.6) is 5.75 Å². The maximum absolute atomic E-state index is 11.7. The number of phenols is 1. The first kappa shape index (κ1) is 15.7. The number of nitrogens with one attached hydrogen (secondary N) is 3. The largest absolute Gasteiger partial charge is 0.507 e. The van der Waals surface area contributed by atoms with E-state index in [0.717, 1.165) is 5.56 Å². The van der Waals surface area contributed by atoms with Gasteiger partial charge >= 0.3 is 0 Å². The number of rotatable bonds is 6. The minimum absolute atomic E-state index is 0.118. The number of allylic oxidation sites excluding steroid dienone is 1. The molecule has 0 aromatic heterocycles. The molecule has 1 aliphatic rings. The number of phenolic OH excluding ortho intramolecular Hbond substituents is 1. The zero-order chi connectivity index (χ0) is 15.9. The molecule has 1 heterocycles. The van der Waals surface area contributed by atoms with Crippen molar-refractivity contribution in [2.75, 3.05) is 0 Å². The second-order valence-electron chi connectivity index (χ2n) is 4.94. The molecule has 7 nitrogen and oxygen atoms in total. The van der Waals surface area contributed by atoms with Gasteiger partial charge in [-0.15, -0.1) is 6.58 Å². The summed E-state index contributed by atoms with van der Waals surface area (Å²) in [7, 11) is 0. The molecule has 0 saturated carbocycles. The molecule has 1 saturated heterocycles. The quantitative estimate of drug-likeness (QED) is 0.346. The number of amides is 2. The molecular formula is C15H18N4O3. The lowest BCUT2D eigenvalue weighted by atomic mass is 10.1. The first-order valence-corrected chi connectivity index (χ1v) is 6.88. The maximum Gasteiger partial charge on any atom is 0.241 e. The molecule has 2 amide bonds. The van der Waals surface area contributed by atoms with Crippen LogP contribution in [0.25, 0.3) is 0 Å². The SMILES string of the molecule is C=CCc1cccc(/C=N/NC(=O)CC2CC(=O)NN2)c1O. The summed E-state index contributed by atoms with van der Waals surface area (Å²) >= 11 is 0. The van der Waals surface area contributed by atoms with E-state index >= 15 is 0 Å². The van der Waals surface area contributed by atoms with Crippen LogP contribution in [-0.2, 0) is 16.0 Å². The van der Waals surface area contributed by atoms with Crippen molar-refractivity contribution in [3.8, 4) is 5.75 Å². The average molecular weight is 302 g/mol. The van der Waals surface area contributed by atoms with Crippen molar-refractivity contribution in [1.29, 1.82) is 0 Å². The third-order valence-corrected chi connectivity index (χ3v) is 3.19. The van der Waals surface area contributed by atoms with Crippen LogP contribution in [0.15, 0.2) is 36.0 Å². The first-order chi connectivity index (χ1) is 10.6. The number of hydrazone groups is 1. The molecule has 0 spiro atoms. The standard InChI is InChI=1S/C15H18N4O3/c1-2-4-10-5-3-6-11(15(10)22)9-16-18-13(20)7-12-8-14(21)19-17-12/h2-3,5-6,9,12,17,22H,1,4,7-8H2,(H,18,20)(H,19,21)/b16-9+. The Morgan fingerprint density at radius 3 is 3.05 bits per heavy atom. The van der Waals surface area contributed by atoms with Crippen LogP contribution in [0.1, 0.15) is 24.0 Å². The van der Waals surface area contributed by atoms with E-state index in [-0.39, 0.29) is 36.4 Å². The summed E-state index contributed by atoms with van der Waals surface area (Å²) in [5.41, 5.74) is 8.77. The molecule has 1 aliphatic heterocycles. The van der Waals surface area contributed by atoms with Crippen molar-refractivity contribution in [3.63, 3.8) is 0 Å². The maximum atomic E-state index is 11.7. The van der Waals surface area contributed by atoms with E-state index in [0.29, 0.717) is 12.0 Å².